The molecule has 0 heterocycles. The number of carbonyl (C=O) groups is 1. The molecule has 86 valence electrons. The molecule has 1 aliphatic rings. The van der Waals surface area contributed by atoms with E-state index in [-0.39, 0.29) is 16.9 Å². The van der Waals surface area contributed by atoms with Crippen molar-refractivity contribution in [3.63, 3.8) is 0 Å². The molecule has 1 rings (SSSR count). The van der Waals surface area contributed by atoms with Crippen molar-refractivity contribution in [3.05, 3.63) is 12.2 Å². The van der Waals surface area contributed by atoms with Crippen LogP contribution >= 0.6 is 0 Å². The van der Waals surface area contributed by atoms with Gasteiger partial charge in [0.1, 0.15) is 0 Å². The van der Waals surface area contributed by atoms with Crippen LogP contribution in [0.2, 0.25) is 18.1 Å². The molecule has 1 aliphatic carbocycles. The van der Waals surface area contributed by atoms with E-state index in [9.17, 15) is 4.79 Å². The van der Waals surface area contributed by atoms with Crippen molar-refractivity contribution in [1.29, 1.82) is 0 Å². The van der Waals surface area contributed by atoms with Crippen molar-refractivity contribution < 1.29 is 9.22 Å². The number of ketones is 1. The third kappa shape index (κ3) is 3.28. The predicted molar refractivity (Wildman–Crippen MR) is 65.5 cm³/mol. The van der Waals surface area contributed by atoms with Crippen molar-refractivity contribution in [2.24, 2.45) is 0 Å². The van der Waals surface area contributed by atoms with E-state index in [1.807, 2.05) is 6.08 Å². The maximum absolute atomic E-state index is 11.3. The lowest BCUT2D eigenvalue weighted by Crippen LogP contribution is -2.44. The van der Waals surface area contributed by atoms with Gasteiger partial charge in [0.05, 0.1) is 6.10 Å². The van der Waals surface area contributed by atoms with Crippen LogP contribution in [0.1, 0.15) is 33.6 Å². The second-order valence-corrected chi connectivity index (χ2v) is 10.6. The van der Waals surface area contributed by atoms with Crippen molar-refractivity contribution in [3.8, 4) is 0 Å². The van der Waals surface area contributed by atoms with E-state index in [0.29, 0.717) is 6.42 Å². The Balaban J connectivity index is 2.62. The highest BCUT2D eigenvalue weighted by molar-refractivity contribution is 6.74. The summed E-state index contributed by atoms with van der Waals surface area (Å²) in [7, 11) is -1.71. The lowest BCUT2D eigenvalue weighted by molar-refractivity contribution is -0.116. The van der Waals surface area contributed by atoms with Crippen molar-refractivity contribution in [2.75, 3.05) is 0 Å². The first-order valence-electron chi connectivity index (χ1n) is 5.59. The average molecular weight is 226 g/mol. The number of carbonyl (C=O) groups excluding carboxylic acids is 1. The van der Waals surface area contributed by atoms with Gasteiger partial charge in [0, 0.05) is 6.42 Å². The summed E-state index contributed by atoms with van der Waals surface area (Å²) in [6.07, 6.45) is 5.17. The molecule has 0 N–H and O–H groups in total. The molecule has 1 atom stereocenters. The van der Waals surface area contributed by atoms with E-state index in [2.05, 4.69) is 33.9 Å². The third-order valence-corrected chi connectivity index (χ3v) is 7.93. The van der Waals surface area contributed by atoms with Gasteiger partial charge in [-0.1, -0.05) is 26.8 Å². The Morgan fingerprint density at radius 2 is 2.00 bits per heavy atom. The minimum absolute atomic E-state index is 0.114. The fourth-order valence-corrected chi connectivity index (χ4v) is 2.78. The van der Waals surface area contributed by atoms with E-state index in [1.165, 1.54) is 0 Å². The van der Waals surface area contributed by atoms with Gasteiger partial charge < -0.3 is 4.43 Å². The van der Waals surface area contributed by atoms with Gasteiger partial charge in [-0.25, -0.2) is 0 Å². The van der Waals surface area contributed by atoms with E-state index in [4.69, 9.17) is 4.43 Å². The number of hydrogen-bond donors (Lipinski definition) is 0. The first kappa shape index (κ1) is 12.7. The summed E-state index contributed by atoms with van der Waals surface area (Å²) in [4.78, 5) is 11.3. The first-order valence-corrected chi connectivity index (χ1v) is 8.50. The van der Waals surface area contributed by atoms with E-state index in [0.717, 1.165) is 6.42 Å². The van der Waals surface area contributed by atoms with Crippen LogP contribution in [0.25, 0.3) is 0 Å². The van der Waals surface area contributed by atoms with Crippen LogP contribution in [0.5, 0.6) is 0 Å². The van der Waals surface area contributed by atoms with Crippen molar-refractivity contribution in [2.45, 2.75) is 57.8 Å². The summed E-state index contributed by atoms with van der Waals surface area (Å²) in [5.74, 6) is 0.199. The second kappa shape index (κ2) is 4.22. The smallest absolute Gasteiger partial charge is 0.192 e. The summed E-state index contributed by atoms with van der Waals surface area (Å²) < 4.78 is 6.18. The molecule has 0 unspecified atom stereocenters. The largest absolute Gasteiger partial charge is 0.413 e. The van der Waals surface area contributed by atoms with Crippen LogP contribution in [-0.2, 0) is 9.22 Å². The average Bonchev–Trinajstić information content (AvgIpc) is 2.00. The fraction of sp³-hybridized carbons (Fsp3) is 0.750. The van der Waals surface area contributed by atoms with Crippen LogP contribution in [0.15, 0.2) is 12.2 Å². The molecule has 0 spiro atoms. The minimum atomic E-state index is -1.71. The van der Waals surface area contributed by atoms with Gasteiger partial charge in [0.2, 0.25) is 0 Å². The molecule has 3 heteroatoms. The highest BCUT2D eigenvalue weighted by Gasteiger charge is 2.39. The Labute approximate surface area is 93.8 Å². The molecule has 2 nitrogen and oxygen atoms in total. The summed E-state index contributed by atoms with van der Waals surface area (Å²) >= 11 is 0. The number of allylic oxidation sites excluding steroid dienone is 1. The highest BCUT2D eigenvalue weighted by atomic mass is 28.4. The molecule has 0 aromatic rings. The molecular weight excluding hydrogens is 204 g/mol. The molecule has 0 aromatic heterocycles. The maximum atomic E-state index is 11.3. The molecule has 0 aromatic carbocycles. The van der Waals surface area contributed by atoms with Crippen molar-refractivity contribution in [1.82, 2.24) is 0 Å². The molecular formula is C12H22O2Si. The Kier molecular flexibility index (Phi) is 3.56. The lowest BCUT2D eigenvalue weighted by atomic mass is 10.0. The summed E-state index contributed by atoms with van der Waals surface area (Å²) in [6, 6.07) is 0. The zero-order chi connectivity index (χ0) is 11.7. The quantitative estimate of drug-likeness (QED) is 0.675. The monoisotopic (exact) mass is 226 g/mol. The summed E-state index contributed by atoms with van der Waals surface area (Å²) in [6.45, 7) is 11.1. The van der Waals surface area contributed by atoms with E-state index >= 15 is 0 Å². The van der Waals surface area contributed by atoms with Gasteiger partial charge in [0.25, 0.3) is 0 Å². The minimum Gasteiger partial charge on any atom is -0.413 e. The van der Waals surface area contributed by atoms with Gasteiger partial charge in [0.15, 0.2) is 14.1 Å². The second-order valence-electron chi connectivity index (χ2n) is 5.81. The zero-order valence-corrected chi connectivity index (χ0v) is 11.5. The summed E-state index contributed by atoms with van der Waals surface area (Å²) in [5.41, 5.74) is 0. The molecule has 0 amide bonds. The van der Waals surface area contributed by atoms with Gasteiger partial charge in [-0.3, -0.25) is 4.79 Å². The zero-order valence-electron chi connectivity index (χ0n) is 10.5. The predicted octanol–water partition coefficient (Wildman–Crippen LogP) is 3.30. The van der Waals surface area contributed by atoms with Crippen molar-refractivity contribution >= 4 is 14.1 Å². The Morgan fingerprint density at radius 3 is 2.47 bits per heavy atom. The van der Waals surface area contributed by atoms with Gasteiger partial charge in [-0.15, -0.1) is 0 Å². The molecule has 0 saturated carbocycles. The van der Waals surface area contributed by atoms with Crippen LogP contribution < -0.4 is 0 Å². The standard InChI is InChI=1S/C12H22O2Si/c1-12(2,3)15(4,5)14-11-8-6-7-10(13)9-11/h6-7,11H,8-9H2,1-5H3/t11-/m0/s1. The lowest BCUT2D eigenvalue weighted by Gasteiger charge is -2.39. The number of rotatable bonds is 2. The normalized spacial score (nSPS) is 23.3. The Bertz CT molecular complexity index is 274. The van der Waals surface area contributed by atoms with Crippen LogP contribution in [0, 0.1) is 0 Å². The third-order valence-electron chi connectivity index (χ3n) is 3.40. The molecule has 15 heavy (non-hydrogen) atoms. The van der Waals surface area contributed by atoms with E-state index in [1.54, 1.807) is 6.08 Å². The van der Waals surface area contributed by atoms with Crippen LogP contribution in [0.4, 0.5) is 0 Å². The fourth-order valence-electron chi connectivity index (χ4n) is 1.41. The van der Waals surface area contributed by atoms with Gasteiger partial charge >= 0.3 is 0 Å². The Morgan fingerprint density at radius 1 is 1.40 bits per heavy atom. The molecule has 0 radical (unpaired) electrons. The number of hydrogen-bond acceptors (Lipinski definition) is 2. The Hall–Kier alpha value is -0.413. The molecule has 0 bridgehead atoms. The molecule has 0 saturated heterocycles. The maximum Gasteiger partial charge on any atom is 0.192 e. The van der Waals surface area contributed by atoms with Gasteiger partial charge in [-0.2, -0.15) is 0 Å². The SMILES string of the molecule is CC(C)(C)[Si](C)(C)O[C@H]1CC=CC(=O)C1. The molecule has 0 aliphatic heterocycles. The molecule has 0 fully saturated rings. The highest BCUT2D eigenvalue weighted by Crippen LogP contribution is 2.38. The topological polar surface area (TPSA) is 26.3 Å². The van der Waals surface area contributed by atoms with Gasteiger partial charge in [-0.05, 0) is 30.6 Å². The van der Waals surface area contributed by atoms with Crippen LogP contribution in [0.3, 0.4) is 0 Å². The first-order chi connectivity index (χ1) is 6.72. The summed E-state index contributed by atoms with van der Waals surface area (Å²) in [5, 5.41) is 0.219. The van der Waals surface area contributed by atoms with E-state index < -0.39 is 8.32 Å². The van der Waals surface area contributed by atoms with Crippen LogP contribution in [-0.4, -0.2) is 20.2 Å².